The Hall–Kier alpha value is -5.58. The first-order valence-electron chi connectivity index (χ1n) is 26.1. The van der Waals surface area contributed by atoms with E-state index in [1.807, 2.05) is 34.7 Å². The number of carbonyl (C=O) groups excluding carboxylic acids is 7. The van der Waals surface area contributed by atoms with Crippen molar-refractivity contribution in [3.63, 3.8) is 0 Å². The number of rotatable bonds is 26. The third-order valence-corrected chi connectivity index (χ3v) is 17.0. The largest absolute Gasteiger partial charge is 0.379 e. The van der Waals surface area contributed by atoms with Crippen molar-refractivity contribution in [1.29, 1.82) is 0 Å². The van der Waals surface area contributed by atoms with Gasteiger partial charge < -0.3 is 29.9 Å². The summed E-state index contributed by atoms with van der Waals surface area (Å²) in [5.74, 6) is -4.26. The van der Waals surface area contributed by atoms with Gasteiger partial charge in [0.05, 0.1) is 61.2 Å². The van der Waals surface area contributed by atoms with Crippen molar-refractivity contribution >= 4 is 51.4 Å². The molecule has 1 aliphatic carbocycles. The molecule has 11 atom stereocenters. The second-order valence-electron chi connectivity index (χ2n) is 21.0. The van der Waals surface area contributed by atoms with Crippen LogP contribution >= 0.6 is 0 Å². The third kappa shape index (κ3) is 14.2. The summed E-state index contributed by atoms with van der Waals surface area (Å²) in [4.78, 5) is 101. The number of nitrogens with zero attached hydrogens (tertiary/aromatic N) is 7. The molecule has 0 spiro atoms. The van der Waals surface area contributed by atoms with E-state index in [4.69, 9.17) is 9.47 Å². The van der Waals surface area contributed by atoms with Gasteiger partial charge in [-0.3, -0.25) is 52.8 Å². The van der Waals surface area contributed by atoms with Crippen LogP contribution in [0.1, 0.15) is 104 Å². The highest BCUT2D eigenvalue weighted by Crippen LogP contribution is 2.39. The summed E-state index contributed by atoms with van der Waals surface area (Å²) < 4.78 is 42.2. The maximum Gasteiger partial charge on any atom is 0.256 e. The molecule has 1 aromatic heterocycles. The lowest BCUT2D eigenvalue weighted by Crippen LogP contribution is -2.60. The minimum atomic E-state index is -4.22. The molecule has 3 N–H and O–H groups in total. The molecule has 6 rings (SSSR count). The first kappa shape index (κ1) is 57.7. The van der Waals surface area contributed by atoms with Crippen LogP contribution < -0.4 is 15.4 Å². The zero-order chi connectivity index (χ0) is 54.0. The summed E-state index contributed by atoms with van der Waals surface area (Å²) in [6.45, 7) is 9.91. The van der Waals surface area contributed by atoms with Gasteiger partial charge in [-0.15, -0.1) is 5.10 Å². The fourth-order valence-corrected chi connectivity index (χ4v) is 12.3. The third-order valence-electron chi connectivity index (χ3n) is 15.7. The van der Waals surface area contributed by atoms with Gasteiger partial charge in [0.1, 0.15) is 17.8 Å². The van der Waals surface area contributed by atoms with Crippen LogP contribution in [-0.4, -0.2) is 173 Å². The minimum Gasteiger partial charge on any atom is -0.379 e. The van der Waals surface area contributed by atoms with Crippen LogP contribution in [0.15, 0.2) is 48.7 Å². The summed E-state index contributed by atoms with van der Waals surface area (Å²) in [6.07, 6.45) is 8.13. The molecule has 7 unspecified atom stereocenters. The lowest BCUT2D eigenvalue weighted by molar-refractivity contribution is -0.148. The molecule has 2 saturated heterocycles. The van der Waals surface area contributed by atoms with Crippen molar-refractivity contribution in [2.75, 3.05) is 40.6 Å². The van der Waals surface area contributed by atoms with Gasteiger partial charge in [0.25, 0.3) is 17.7 Å². The maximum atomic E-state index is 14.5. The van der Waals surface area contributed by atoms with Crippen LogP contribution in [0, 0.1) is 23.7 Å². The molecule has 1 aromatic carbocycles. The van der Waals surface area contributed by atoms with Crippen molar-refractivity contribution in [2.24, 2.45) is 23.7 Å². The van der Waals surface area contributed by atoms with E-state index in [0.29, 0.717) is 49.0 Å². The Morgan fingerprint density at radius 1 is 0.919 bits per heavy atom. The lowest BCUT2D eigenvalue weighted by Gasteiger charge is -2.41. The number of carbonyl (C=O) groups is 7. The second-order valence-corrected chi connectivity index (χ2v) is 22.9. The number of sulfonamides is 1. The smallest absolute Gasteiger partial charge is 0.256 e. The summed E-state index contributed by atoms with van der Waals surface area (Å²) >= 11 is 0. The molecule has 7 amide bonds. The fraction of sp³-hybridized carbons (Fsp3) is 0.673. The molecular formula is C52H78N10O11S. The number of ether oxygens (including phenoxy) is 2. The number of methoxy groups -OCH3 is 2. The Morgan fingerprint density at radius 2 is 1.62 bits per heavy atom. The highest BCUT2D eigenvalue weighted by Gasteiger charge is 2.45. The van der Waals surface area contributed by atoms with E-state index in [1.165, 1.54) is 25.1 Å². The highest BCUT2D eigenvalue weighted by molar-refractivity contribution is 7.90. The van der Waals surface area contributed by atoms with Gasteiger partial charge in [0.2, 0.25) is 33.7 Å². The molecule has 4 heterocycles. The summed E-state index contributed by atoms with van der Waals surface area (Å²) in [6, 6.07) is 5.76. The zero-order valence-electron chi connectivity index (χ0n) is 44.5. The van der Waals surface area contributed by atoms with E-state index in [-0.39, 0.29) is 68.0 Å². The first-order valence-corrected chi connectivity index (χ1v) is 27.8. The molecule has 3 fully saturated rings. The zero-order valence-corrected chi connectivity index (χ0v) is 45.3. The van der Waals surface area contributed by atoms with Gasteiger partial charge in [0, 0.05) is 59.0 Å². The molecule has 3 aliphatic heterocycles. The number of nitrogens with one attached hydrogen (secondary N) is 3. The normalized spacial score (nSPS) is 22.8. The molecule has 74 heavy (non-hydrogen) atoms. The molecule has 408 valence electrons. The number of imide groups is 1. The van der Waals surface area contributed by atoms with Crippen molar-refractivity contribution in [2.45, 2.75) is 160 Å². The van der Waals surface area contributed by atoms with Crippen molar-refractivity contribution < 1.29 is 51.5 Å². The maximum absolute atomic E-state index is 14.5. The fourth-order valence-electron chi connectivity index (χ4n) is 11.3. The molecule has 1 saturated carbocycles. The van der Waals surface area contributed by atoms with E-state index in [2.05, 4.69) is 30.6 Å². The number of fused-ring (bicyclic) bond motifs is 2. The molecule has 2 bridgehead atoms. The number of hydrogen-bond acceptors (Lipinski definition) is 14. The Labute approximate surface area is 435 Å². The second kappa shape index (κ2) is 25.8. The van der Waals surface area contributed by atoms with E-state index in [9.17, 15) is 42.0 Å². The predicted octanol–water partition coefficient (Wildman–Crippen LogP) is 2.20. The van der Waals surface area contributed by atoms with E-state index in [0.717, 1.165) is 42.7 Å². The molecular weight excluding hydrogens is 973 g/mol. The number of piperidine rings is 1. The quantitative estimate of drug-likeness (QED) is 0.114. The SMILES string of the molecule is CCC(C)C(C(CC(=O)N1CCCC1C(OC)C(C)C(=O)N[C@@H](Cc1ccccc1)C(=O)NS(=O)(=O)CCCn1cc(CN2C(=O)C=CC2=O)nn1)OC)N(C)C(=O)[C@@H](NC(=O)[C@@H]1CC2CC[C@@H](C2)N1C)C(C)C. The Kier molecular flexibility index (Phi) is 20.1. The van der Waals surface area contributed by atoms with Crippen molar-refractivity contribution in [1.82, 2.24) is 49.9 Å². The molecule has 0 radical (unpaired) electrons. The Bertz CT molecular complexity index is 2440. The monoisotopic (exact) mass is 1050 g/mol. The van der Waals surface area contributed by atoms with Crippen molar-refractivity contribution in [3.05, 3.63) is 59.9 Å². The number of benzene rings is 1. The molecule has 21 nitrogen and oxygen atoms in total. The lowest BCUT2D eigenvalue weighted by atomic mass is 9.89. The van der Waals surface area contributed by atoms with Gasteiger partial charge in [0.15, 0.2) is 0 Å². The predicted molar refractivity (Wildman–Crippen MR) is 274 cm³/mol. The molecule has 22 heteroatoms. The number of aryl methyl sites for hydroxylation is 1. The number of aromatic nitrogens is 3. The van der Waals surface area contributed by atoms with Gasteiger partial charge in [-0.1, -0.05) is 76.6 Å². The van der Waals surface area contributed by atoms with Gasteiger partial charge in [-0.05, 0) is 75.3 Å². The Balaban J connectivity index is 1.08. The van der Waals surface area contributed by atoms with Crippen LogP contribution in [0.5, 0.6) is 0 Å². The summed E-state index contributed by atoms with van der Waals surface area (Å²) in [5, 5.41) is 13.8. The topological polar surface area (TPSA) is 252 Å². The van der Waals surface area contributed by atoms with Crippen LogP contribution in [-0.2, 0) is 72.6 Å². The highest BCUT2D eigenvalue weighted by atomic mass is 32.2. The first-order chi connectivity index (χ1) is 35.2. The number of likely N-dealkylation sites (N-methyl/N-ethyl adjacent to an activating group) is 2. The minimum absolute atomic E-state index is 0.0265. The van der Waals surface area contributed by atoms with Gasteiger partial charge in [-0.2, -0.15) is 0 Å². The van der Waals surface area contributed by atoms with Crippen LogP contribution in [0.3, 0.4) is 0 Å². The van der Waals surface area contributed by atoms with Crippen molar-refractivity contribution in [3.8, 4) is 0 Å². The Morgan fingerprint density at radius 3 is 2.27 bits per heavy atom. The number of likely N-dealkylation sites (tertiary alicyclic amines) is 2. The van der Waals surface area contributed by atoms with E-state index in [1.54, 1.807) is 54.1 Å². The van der Waals surface area contributed by atoms with Crippen LogP contribution in [0.2, 0.25) is 0 Å². The standard InChI is InChI=1S/C52H78N10O11S/c1-10-33(4)47(59(7)52(69)46(32(2)3)54-51(68)41-28-36-19-20-38(26-36)58(41)6)42(72-8)29-45(65)61-24-14-18-40(61)48(73-9)34(5)49(66)53-39(27-35-16-12-11-13-17-35)50(67)56-74(70,71)25-15-23-60-30-37(55-57-60)31-62-43(63)21-22-44(62)64/h11-13,16-17,21-22,30,32-34,36,38-42,46-48H,10,14-15,18-20,23-29,31H2,1-9H3,(H,53,66)(H,54,68)(H,56,67)/t33?,34?,36?,38-,39-,40?,41-,42?,46-,47?,48?/m0/s1. The van der Waals surface area contributed by atoms with E-state index < -0.39 is 81.7 Å². The molecule has 2 aromatic rings. The average Bonchev–Trinajstić information content (AvgIpc) is 4.20. The summed E-state index contributed by atoms with van der Waals surface area (Å²) in [5.41, 5.74) is 1.00. The van der Waals surface area contributed by atoms with Gasteiger partial charge in [-0.25, -0.2) is 8.42 Å². The van der Waals surface area contributed by atoms with Crippen LogP contribution in [0.4, 0.5) is 0 Å². The summed E-state index contributed by atoms with van der Waals surface area (Å²) in [7, 11) is 2.49. The van der Waals surface area contributed by atoms with E-state index >= 15 is 0 Å². The number of hydrogen-bond donors (Lipinski definition) is 3. The van der Waals surface area contributed by atoms with Gasteiger partial charge >= 0.3 is 0 Å². The number of amides is 7. The van der Waals surface area contributed by atoms with Crippen LogP contribution in [0.25, 0.3) is 0 Å². The molecule has 4 aliphatic rings. The average molecular weight is 1050 g/mol.